The monoisotopic (exact) mass is 385 g/mol. The van der Waals surface area contributed by atoms with Gasteiger partial charge in [0.1, 0.15) is 5.76 Å². The van der Waals surface area contributed by atoms with Crippen LogP contribution in [0, 0.1) is 6.92 Å². The second kappa shape index (κ2) is 8.15. The Morgan fingerprint density at radius 1 is 1.22 bits per heavy atom. The molecule has 1 aromatic carbocycles. The first kappa shape index (κ1) is 18.8. The van der Waals surface area contributed by atoms with Crippen LogP contribution in [0.2, 0.25) is 0 Å². The minimum Gasteiger partial charge on any atom is -0.450 e. The zero-order valence-electron chi connectivity index (χ0n) is 14.9. The minimum atomic E-state index is -0.524. The van der Waals surface area contributed by atoms with Crippen molar-refractivity contribution in [1.29, 1.82) is 0 Å². The Morgan fingerprint density at radius 3 is 2.63 bits per heavy atom. The third kappa shape index (κ3) is 4.42. The van der Waals surface area contributed by atoms with Crippen LogP contribution in [0.1, 0.15) is 34.8 Å². The van der Waals surface area contributed by atoms with Crippen molar-refractivity contribution in [2.24, 2.45) is 0 Å². The number of benzene rings is 1. The topological polar surface area (TPSA) is 104 Å². The van der Waals surface area contributed by atoms with Gasteiger partial charge in [-0.15, -0.1) is 0 Å². The molecule has 140 valence electrons. The molecule has 27 heavy (non-hydrogen) atoms. The largest absolute Gasteiger partial charge is 0.450 e. The molecule has 2 aromatic heterocycles. The van der Waals surface area contributed by atoms with Gasteiger partial charge in [0.25, 0.3) is 5.91 Å². The van der Waals surface area contributed by atoms with Crippen molar-refractivity contribution >= 4 is 28.3 Å². The SMILES string of the molecule is CC(=O)Nc1nc(C)c(-c2ccc(C(=O)NC(CO)c3ccccc3)o2)s1. The number of hydrogen-bond donors (Lipinski definition) is 3. The fourth-order valence-electron chi connectivity index (χ4n) is 2.56. The van der Waals surface area contributed by atoms with Crippen molar-refractivity contribution in [1.82, 2.24) is 10.3 Å². The molecule has 3 rings (SSSR count). The summed E-state index contributed by atoms with van der Waals surface area (Å²) in [6.07, 6.45) is 0. The number of hydrogen-bond acceptors (Lipinski definition) is 6. The molecule has 0 saturated heterocycles. The van der Waals surface area contributed by atoms with Gasteiger partial charge < -0.3 is 20.2 Å². The number of amides is 2. The van der Waals surface area contributed by atoms with Gasteiger partial charge in [0.15, 0.2) is 10.9 Å². The van der Waals surface area contributed by atoms with E-state index in [2.05, 4.69) is 15.6 Å². The van der Waals surface area contributed by atoms with Crippen LogP contribution in [0.5, 0.6) is 0 Å². The molecule has 0 saturated carbocycles. The van der Waals surface area contributed by atoms with Crippen LogP contribution in [0.25, 0.3) is 10.6 Å². The average molecular weight is 385 g/mol. The van der Waals surface area contributed by atoms with Crippen LogP contribution in [0.3, 0.4) is 0 Å². The van der Waals surface area contributed by atoms with Crippen molar-refractivity contribution in [3.63, 3.8) is 0 Å². The first-order valence-corrected chi connectivity index (χ1v) is 9.11. The Balaban J connectivity index is 1.76. The second-order valence-electron chi connectivity index (χ2n) is 5.90. The number of nitrogens with zero attached hydrogens (tertiary/aromatic N) is 1. The summed E-state index contributed by atoms with van der Waals surface area (Å²) in [4.78, 5) is 28.7. The molecule has 7 nitrogen and oxygen atoms in total. The highest BCUT2D eigenvalue weighted by atomic mass is 32.1. The molecule has 3 N–H and O–H groups in total. The number of carbonyl (C=O) groups excluding carboxylic acids is 2. The Kier molecular flexibility index (Phi) is 5.68. The quantitative estimate of drug-likeness (QED) is 0.605. The van der Waals surface area contributed by atoms with Gasteiger partial charge in [-0.1, -0.05) is 41.7 Å². The molecule has 2 heterocycles. The van der Waals surface area contributed by atoms with Crippen LogP contribution in [-0.4, -0.2) is 28.5 Å². The van der Waals surface area contributed by atoms with Gasteiger partial charge >= 0.3 is 0 Å². The van der Waals surface area contributed by atoms with Gasteiger partial charge in [-0.25, -0.2) is 4.98 Å². The van der Waals surface area contributed by atoms with E-state index < -0.39 is 11.9 Å². The van der Waals surface area contributed by atoms with Crippen molar-refractivity contribution < 1.29 is 19.1 Å². The first-order valence-electron chi connectivity index (χ1n) is 8.30. The van der Waals surface area contributed by atoms with Crippen molar-refractivity contribution in [3.8, 4) is 10.6 Å². The summed E-state index contributed by atoms with van der Waals surface area (Å²) in [5, 5.41) is 15.5. The molecule has 0 spiro atoms. The first-order chi connectivity index (χ1) is 13.0. The van der Waals surface area contributed by atoms with E-state index in [4.69, 9.17) is 4.42 Å². The van der Waals surface area contributed by atoms with E-state index in [0.717, 1.165) is 10.4 Å². The molecule has 0 aliphatic rings. The van der Waals surface area contributed by atoms with Gasteiger partial charge in [0.05, 0.1) is 23.2 Å². The summed E-state index contributed by atoms with van der Waals surface area (Å²) >= 11 is 1.27. The highest BCUT2D eigenvalue weighted by Crippen LogP contribution is 2.34. The number of nitrogens with one attached hydrogen (secondary N) is 2. The molecule has 1 atom stereocenters. The Labute approximate surface area is 160 Å². The number of rotatable bonds is 6. The van der Waals surface area contributed by atoms with Crippen LogP contribution < -0.4 is 10.6 Å². The smallest absolute Gasteiger partial charge is 0.287 e. The highest BCUT2D eigenvalue weighted by molar-refractivity contribution is 7.19. The normalized spacial score (nSPS) is 11.8. The zero-order valence-corrected chi connectivity index (χ0v) is 15.7. The lowest BCUT2D eigenvalue weighted by Gasteiger charge is -2.15. The van der Waals surface area contributed by atoms with E-state index in [-0.39, 0.29) is 18.3 Å². The van der Waals surface area contributed by atoms with E-state index in [0.29, 0.717) is 16.6 Å². The maximum Gasteiger partial charge on any atom is 0.287 e. The van der Waals surface area contributed by atoms with Crippen molar-refractivity contribution in [3.05, 3.63) is 59.5 Å². The molecule has 3 aromatic rings. The Hall–Kier alpha value is -2.97. The van der Waals surface area contributed by atoms with E-state index in [9.17, 15) is 14.7 Å². The summed E-state index contributed by atoms with van der Waals surface area (Å²) in [5.41, 5.74) is 1.50. The fourth-order valence-corrected chi connectivity index (χ4v) is 3.53. The van der Waals surface area contributed by atoms with E-state index in [1.54, 1.807) is 19.1 Å². The van der Waals surface area contributed by atoms with E-state index >= 15 is 0 Å². The van der Waals surface area contributed by atoms with Crippen LogP contribution >= 0.6 is 11.3 Å². The van der Waals surface area contributed by atoms with Gasteiger partial charge in [0.2, 0.25) is 5.91 Å². The molecule has 0 aliphatic heterocycles. The maximum absolute atomic E-state index is 12.5. The maximum atomic E-state index is 12.5. The van der Waals surface area contributed by atoms with Crippen LogP contribution in [-0.2, 0) is 4.79 Å². The van der Waals surface area contributed by atoms with Crippen LogP contribution in [0.4, 0.5) is 5.13 Å². The lowest BCUT2D eigenvalue weighted by molar-refractivity contribution is -0.114. The van der Waals surface area contributed by atoms with Gasteiger partial charge in [-0.3, -0.25) is 9.59 Å². The third-order valence-electron chi connectivity index (χ3n) is 3.82. The number of anilines is 1. The number of aliphatic hydroxyl groups is 1. The number of carbonyl (C=O) groups is 2. The third-order valence-corrected chi connectivity index (χ3v) is 4.91. The van der Waals surface area contributed by atoms with Gasteiger partial charge in [-0.2, -0.15) is 0 Å². The predicted molar refractivity (Wildman–Crippen MR) is 103 cm³/mol. The molecular formula is C19H19N3O4S. The van der Waals surface area contributed by atoms with E-state index in [1.807, 2.05) is 30.3 Å². The molecule has 0 bridgehead atoms. The number of furan rings is 1. The lowest BCUT2D eigenvalue weighted by atomic mass is 10.1. The summed E-state index contributed by atoms with van der Waals surface area (Å²) in [5.74, 6) is -0.000514. The highest BCUT2D eigenvalue weighted by Gasteiger charge is 2.20. The molecule has 0 fully saturated rings. The number of aryl methyl sites for hydroxylation is 1. The summed E-state index contributed by atoms with van der Waals surface area (Å²) in [7, 11) is 0. The molecule has 8 heteroatoms. The Bertz CT molecular complexity index is 949. The standard InChI is InChI=1S/C19H19N3O4S/c1-11-17(27-19(20-11)21-12(2)24)15-8-9-16(26-15)18(25)22-14(10-23)13-6-4-3-5-7-13/h3-9,14,23H,10H2,1-2H3,(H,22,25)(H,20,21,24). The van der Waals surface area contributed by atoms with Gasteiger partial charge in [-0.05, 0) is 24.6 Å². The van der Waals surface area contributed by atoms with Crippen molar-refractivity contribution in [2.45, 2.75) is 19.9 Å². The molecule has 1 unspecified atom stereocenters. The number of thiazole rings is 1. The van der Waals surface area contributed by atoms with Crippen LogP contribution in [0.15, 0.2) is 46.9 Å². The van der Waals surface area contributed by atoms with Gasteiger partial charge in [0, 0.05) is 6.92 Å². The molecule has 0 radical (unpaired) electrons. The summed E-state index contributed by atoms with van der Waals surface area (Å²) in [6, 6.07) is 11.9. The summed E-state index contributed by atoms with van der Waals surface area (Å²) in [6.45, 7) is 2.99. The fraction of sp³-hybridized carbons (Fsp3) is 0.211. The average Bonchev–Trinajstić information content (AvgIpc) is 3.26. The minimum absolute atomic E-state index is 0.133. The molecule has 0 aliphatic carbocycles. The zero-order chi connectivity index (χ0) is 19.4. The van der Waals surface area contributed by atoms with E-state index in [1.165, 1.54) is 18.3 Å². The Morgan fingerprint density at radius 2 is 1.96 bits per heavy atom. The molecule has 2 amide bonds. The summed E-state index contributed by atoms with van der Waals surface area (Å²) < 4.78 is 5.68. The second-order valence-corrected chi connectivity index (χ2v) is 6.90. The predicted octanol–water partition coefficient (Wildman–Crippen LogP) is 3.13. The lowest BCUT2D eigenvalue weighted by Crippen LogP contribution is -2.30. The molecular weight excluding hydrogens is 366 g/mol. The number of aliphatic hydroxyl groups excluding tert-OH is 1. The number of aromatic nitrogens is 1. The van der Waals surface area contributed by atoms with Crippen molar-refractivity contribution in [2.75, 3.05) is 11.9 Å².